The molecule has 0 aliphatic carbocycles. The molecule has 1 saturated heterocycles. The van der Waals surface area contributed by atoms with Crippen LogP contribution in [0.4, 0.5) is 10.5 Å². The highest BCUT2D eigenvalue weighted by Crippen LogP contribution is 2.35. The molecule has 0 saturated carbocycles. The predicted molar refractivity (Wildman–Crippen MR) is 147 cm³/mol. The maximum atomic E-state index is 13.0. The highest BCUT2D eigenvalue weighted by Gasteiger charge is 2.36. The van der Waals surface area contributed by atoms with Gasteiger partial charge in [0.05, 0.1) is 11.5 Å². The Bertz CT molecular complexity index is 1420. The van der Waals surface area contributed by atoms with Gasteiger partial charge < -0.3 is 24.3 Å². The number of hydrogen-bond acceptors (Lipinski definition) is 8. The lowest BCUT2D eigenvalue weighted by atomic mass is 10.1. The van der Waals surface area contributed by atoms with E-state index in [4.69, 9.17) is 18.9 Å². The summed E-state index contributed by atoms with van der Waals surface area (Å²) in [6, 6.07) is 20.1. The van der Waals surface area contributed by atoms with E-state index in [2.05, 4.69) is 5.32 Å². The summed E-state index contributed by atoms with van der Waals surface area (Å²) in [6.45, 7) is 3.16. The summed E-state index contributed by atoms with van der Waals surface area (Å²) in [5.74, 6) is 1.18. The number of imide groups is 1. The van der Waals surface area contributed by atoms with Gasteiger partial charge in [-0.25, -0.2) is 0 Å². The van der Waals surface area contributed by atoms with Crippen LogP contribution in [-0.4, -0.2) is 48.3 Å². The van der Waals surface area contributed by atoms with Crippen molar-refractivity contribution < 1.29 is 33.3 Å². The Morgan fingerprint density at radius 1 is 0.974 bits per heavy atom. The van der Waals surface area contributed by atoms with Crippen LogP contribution in [0.25, 0.3) is 6.08 Å². The molecule has 39 heavy (non-hydrogen) atoms. The number of thioether (sulfide) groups is 1. The zero-order valence-corrected chi connectivity index (χ0v) is 22.0. The molecule has 0 unspecified atom stereocenters. The van der Waals surface area contributed by atoms with Crippen molar-refractivity contribution in [3.63, 3.8) is 0 Å². The molecule has 3 amide bonds. The van der Waals surface area contributed by atoms with Gasteiger partial charge in [0, 0.05) is 11.8 Å². The van der Waals surface area contributed by atoms with Gasteiger partial charge in [-0.3, -0.25) is 19.3 Å². The SMILES string of the molecule is CCOc1cc(/C=C2/SC(=O)N(CC(=O)Nc3ccc4c(c3)OCCO4)C2=O)ccc1OCc1ccccc1. The van der Waals surface area contributed by atoms with Crippen molar-refractivity contribution in [3.05, 3.63) is 82.8 Å². The second-order valence-electron chi connectivity index (χ2n) is 8.59. The first-order valence-corrected chi connectivity index (χ1v) is 13.2. The number of nitrogens with zero attached hydrogens (tertiary/aromatic N) is 1. The van der Waals surface area contributed by atoms with Crippen LogP contribution in [-0.2, 0) is 16.2 Å². The Kier molecular flexibility index (Phi) is 8.02. The minimum absolute atomic E-state index is 0.215. The monoisotopic (exact) mass is 546 g/mol. The Balaban J connectivity index is 1.24. The second kappa shape index (κ2) is 12.0. The zero-order chi connectivity index (χ0) is 27.2. The Labute approximate surface area is 229 Å². The number of carbonyl (C=O) groups excluding carboxylic acids is 3. The minimum Gasteiger partial charge on any atom is -0.490 e. The number of anilines is 1. The Hall–Kier alpha value is -4.44. The summed E-state index contributed by atoms with van der Waals surface area (Å²) < 4.78 is 22.7. The van der Waals surface area contributed by atoms with Gasteiger partial charge in [-0.05, 0) is 60.2 Å². The summed E-state index contributed by atoms with van der Waals surface area (Å²) in [5, 5.41) is 2.18. The fourth-order valence-electron chi connectivity index (χ4n) is 3.99. The molecule has 9 nitrogen and oxygen atoms in total. The van der Waals surface area contributed by atoms with Crippen molar-refractivity contribution >= 4 is 40.6 Å². The lowest BCUT2D eigenvalue weighted by molar-refractivity contribution is -0.127. The van der Waals surface area contributed by atoms with Crippen molar-refractivity contribution in [2.75, 3.05) is 31.7 Å². The van der Waals surface area contributed by atoms with E-state index in [-0.39, 0.29) is 4.91 Å². The van der Waals surface area contributed by atoms with E-state index in [0.717, 1.165) is 22.2 Å². The normalized spacial score (nSPS) is 15.4. The molecular formula is C29H26N2O7S. The van der Waals surface area contributed by atoms with Gasteiger partial charge in [-0.1, -0.05) is 36.4 Å². The van der Waals surface area contributed by atoms with Crippen molar-refractivity contribution in [2.24, 2.45) is 0 Å². The van der Waals surface area contributed by atoms with Crippen LogP contribution in [0.3, 0.4) is 0 Å². The van der Waals surface area contributed by atoms with Crippen molar-refractivity contribution in [2.45, 2.75) is 13.5 Å². The number of hydrogen-bond donors (Lipinski definition) is 1. The largest absolute Gasteiger partial charge is 0.490 e. The molecule has 200 valence electrons. The van der Waals surface area contributed by atoms with Crippen molar-refractivity contribution in [3.8, 4) is 23.0 Å². The Morgan fingerprint density at radius 2 is 1.77 bits per heavy atom. The molecule has 2 aliphatic heterocycles. The maximum Gasteiger partial charge on any atom is 0.294 e. The third kappa shape index (κ3) is 6.35. The van der Waals surface area contributed by atoms with Crippen LogP contribution in [0.5, 0.6) is 23.0 Å². The van der Waals surface area contributed by atoms with E-state index >= 15 is 0 Å². The van der Waals surface area contributed by atoms with E-state index < -0.39 is 23.6 Å². The molecule has 0 bridgehead atoms. The number of benzene rings is 3. The second-order valence-corrected chi connectivity index (χ2v) is 9.58. The third-order valence-corrected chi connectivity index (χ3v) is 6.71. The molecule has 0 aromatic heterocycles. The summed E-state index contributed by atoms with van der Waals surface area (Å²) >= 11 is 0.784. The van der Waals surface area contributed by atoms with Crippen LogP contribution in [0, 0.1) is 0 Å². The van der Waals surface area contributed by atoms with E-state index in [1.54, 1.807) is 42.5 Å². The molecule has 10 heteroatoms. The fourth-order valence-corrected chi connectivity index (χ4v) is 4.83. The molecular weight excluding hydrogens is 520 g/mol. The van der Waals surface area contributed by atoms with E-state index in [1.165, 1.54) is 0 Å². The van der Waals surface area contributed by atoms with Gasteiger partial charge in [0.1, 0.15) is 26.4 Å². The summed E-state index contributed by atoms with van der Waals surface area (Å²) in [4.78, 5) is 39.3. The highest BCUT2D eigenvalue weighted by molar-refractivity contribution is 8.18. The topological polar surface area (TPSA) is 103 Å². The van der Waals surface area contributed by atoms with Gasteiger partial charge in [-0.15, -0.1) is 0 Å². The lowest BCUT2D eigenvalue weighted by Crippen LogP contribution is -2.36. The molecule has 2 aliphatic rings. The number of rotatable bonds is 9. The average molecular weight is 547 g/mol. The van der Waals surface area contributed by atoms with Crippen LogP contribution in [0.2, 0.25) is 0 Å². The molecule has 1 fully saturated rings. The first-order chi connectivity index (χ1) is 19.0. The lowest BCUT2D eigenvalue weighted by Gasteiger charge is -2.19. The van der Waals surface area contributed by atoms with Crippen molar-refractivity contribution in [1.29, 1.82) is 0 Å². The molecule has 0 radical (unpaired) electrons. The number of nitrogens with one attached hydrogen (secondary N) is 1. The molecule has 3 aromatic carbocycles. The standard InChI is InChI=1S/C29H26N2O7S/c1-2-35-24-14-20(8-10-23(24)38-18-19-6-4-3-5-7-19)15-26-28(33)31(29(34)39-26)17-27(32)30-21-9-11-22-25(16-21)37-13-12-36-22/h3-11,14-16H,2,12-13,17-18H2,1H3,(H,30,32)/b26-15+. The molecule has 3 aromatic rings. The maximum absolute atomic E-state index is 13.0. The van der Waals surface area contributed by atoms with Gasteiger partial charge in [-0.2, -0.15) is 0 Å². The van der Waals surface area contributed by atoms with E-state index in [1.807, 2.05) is 37.3 Å². The van der Waals surface area contributed by atoms with Crippen LogP contribution < -0.4 is 24.3 Å². The van der Waals surface area contributed by atoms with Gasteiger partial charge in [0.15, 0.2) is 23.0 Å². The first kappa shape index (κ1) is 26.2. The summed E-state index contributed by atoms with van der Waals surface area (Å²) in [6.07, 6.45) is 1.60. The Morgan fingerprint density at radius 3 is 2.56 bits per heavy atom. The minimum atomic E-state index is -0.537. The van der Waals surface area contributed by atoms with Gasteiger partial charge in [0.2, 0.25) is 5.91 Å². The average Bonchev–Trinajstić information content (AvgIpc) is 3.20. The quantitative estimate of drug-likeness (QED) is 0.370. The fraction of sp³-hybridized carbons (Fsp3) is 0.207. The third-order valence-electron chi connectivity index (χ3n) is 5.80. The first-order valence-electron chi connectivity index (χ1n) is 12.4. The number of fused-ring (bicyclic) bond motifs is 1. The van der Waals surface area contributed by atoms with Crippen LogP contribution >= 0.6 is 11.8 Å². The molecule has 5 rings (SSSR count). The van der Waals surface area contributed by atoms with E-state index in [0.29, 0.717) is 60.7 Å². The van der Waals surface area contributed by atoms with Crippen molar-refractivity contribution in [1.82, 2.24) is 4.90 Å². The van der Waals surface area contributed by atoms with E-state index in [9.17, 15) is 14.4 Å². The predicted octanol–water partition coefficient (Wildman–Crippen LogP) is 5.11. The number of ether oxygens (including phenoxy) is 4. The smallest absolute Gasteiger partial charge is 0.294 e. The molecule has 2 heterocycles. The van der Waals surface area contributed by atoms with Crippen LogP contribution in [0.1, 0.15) is 18.1 Å². The zero-order valence-electron chi connectivity index (χ0n) is 21.2. The van der Waals surface area contributed by atoms with Crippen LogP contribution in [0.15, 0.2) is 71.6 Å². The summed E-state index contributed by atoms with van der Waals surface area (Å²) in [5.41, 5.74) is 2.16. The van der Waals surface area contributed by atoms with Gasteiger partial charge >= 0.3 is 0 Å². The number of amides is 3. The molecule has 0 atom stereocenters. The van der Waals surface area contributed by atoms with Gasteiger partial charge in [0.25, 0.3) is 11.1 Å². The molecule has 0 spiro atoms. The highest BCUT2D eigenvalue weighted by atomic mass is 32.2. The molecule has 1 N–H and O–H groups in total. The number of carbonyl (C=O) groups is 3. The summed E-state index contributed by atoms with van der Waals surface area (Å²) in [7, 11) is 0.